The molecule has 0 aliphatic heterocycles. The molecular formula is C24H21ClN6O. The maximum Gasteiger partial charge on any atom is 0.209 e. The lowest BCUT2D eigenvalue weighted by Crippen LogP contribution is -2.19. The molecule has 0 unspecified atom stereocenters. The monoisotopic (exact) mass is 444 g/mol. The average molecular weight is 445 g/mol. The minimum Gasteiger partial charge on any atom is -0.353 e. The fourth-order valence-electron chi connectivity index (χ4n) is 3.29. The zero-order chi connectivity index (χ0) is 22.7. The van der Waals surface area contributed by atoms with Gasteiger partial charge in [0.25, 0.3) is 0 Å². The number of nitrogens with zero attached hydrogens (tertiary/aromatic N) is 4. The molecule has 2 aromatic heterocycles. The van der Waals surface area contributed by atoms with Crippen LogP contribution in [-0.4, -0.2) is 25.3 Å². The van der Waals surface area contributed by atoms with Gasteiger partial charge in [-0.05, 0) is 68.0 Å². The first-order valence-electron chi connectivity index (χ1n) is 9.91. The Kier molecular flexibility index (Phi) is 6.00. The molecule has 0 aliphatic rings. The van der Waals surface area contributed by atoms with E-state index in [0.29, 0.717) is 16.4 Å². The van der Waals surface area contributed by atoms with Gasteiger partial charge in [-0.2, -0.15) is 10.2 Å². The van der Waals surface area contributed by atoms with Crippen molar-refractivity contribution in [3.05, 3.63) is 106 Å². The van der Waals surface area contributed by atoms with Crippen LogP contribution in [0.2, 0.25) is 5.02 Å². The second kappa shape index (κ2) is 9.03. The highest BCUT2D eigenvalue weighted by atomic mass is 35.5. The standard InChI is InChI=1S/C24H21ClN6O/c1-16-13-20(30-11-4-10-27-30)7-8-22(16)31-12-9-23(32)24(29-31)21(14-17(2)26)28-19-6-3-5-18(25)15-19/h3-15,26,28H,1-2H3/b21-14-,26-17?. The Balaban J connectivity index is 1.75. The molecule has 0 bridgehead atoms. The summed E-state index contributed by atoms with van der Waals surface area (Å²) in [6.07, 6.45) is 6.81. The normalized spacial score (nSPS) is 11.4. The lowest BCUT2D eigenvalue weighted by molar-refractivity contribution is 0.815. The highest BCUT2D eigenvalue weighted by Crippen LogP contribution is 2.21. The number of aryl methyl sites for hydroxylation is 1. The third-order valence-electron chi connectivity index (χ3n) is 4.72. The van der Waals surface area contributed by atoms with Gasteiger partial charge in [0.2, 0.25) is 5.43 Å². The number of hydrogen-bond acceptors (Lipinski definition) is 5. The molecule has 0 saturated carbocycles. The van der Waals surface area contributed by atoms with Crippen molar-refractivity contribution in [2.75, 3.05) is 5.32 Å². The Morgan fingerprint density at radius 2 is 1.94 bits per heavy atom. The van der Waals surface area contributed by atoms with Gasteiger partial charge in [0.1, 0.15) is 0 Å². The predicted octanol–water partition coefficient (Wildman–Crippen LogP) is 4.87. The summed E-state index contributed by atoms with van der Waals surface area (Å²) in [6, 6.07) is 16.4. The van der Waals surface area contributed by atoms with E-state index < -0.39 is 0 Å². The lowest BCUT2D eigenvalue weighted by Gasteiger charge is -2.14. The number of benzene rings is 2. The molecule has 2 heterocycles. The number of rotatable bonds is 6. The molecule has 0 radical (unpaired) electrons. The summed E-state index contributed by atoms with van der Waals surface area (Å²) in [6.45, 7) is 3.61. The van der Waals surface area contributed by atoms with E-state index in [-0.39, 0.29) is 16.8 Å². The first-order valence-corrected chi connectivity index (χ1v) is 10.3. The van der Waals surface area contributed by atoms with Gasteiger partial charge < -0.3 is 10.7 Å². The molecule has 4 rings (SSSR count). The van der Waals surface area contributed by atoms with Crippen LogP contribution in [0.15, 0.2) is 84.1 Å². The van der Waals surface area contributed by atoms with Crippen molar-refractivity contribution in [2.45, 2.75) is 13.8 Å². The summed E-state index contributed by atoms with van der Waals surface area (Å²) < 4.78 is 3.44. The number of nitrogens with one attached hydrogen (secondary N) is 2. The number of anilines is 1. The van der Waals surface area contributed by atoms with Crippen molar-refractivity contribution < 1.29 is 0 Å². The van der Waals surface area contributed by atoms with E-state index in [1.807, 2.05) is 43.5 Å². The number of hydrogen-bond donors (Lipinski definition) is 2. The molecule has 7 nitrogen and oxygen atoms in total. The first kappa shape index (κ1) is 21.3. The lowest BCUT2D eigenvalue weighted by atomic mass is 10.1. The fraction of sp³-hybridized carbons (Fsp3) is 0.0833. The van der Waals surface area contributed by atoms with Crippen LogP contribution in [0, 0.1) is 12.3 Å². The van der Waals surface area contributed by atoms with Crippen LogP contribution >= 0.6 is 11.6 Å². The molecule has 2 aromatic carbocycles. The van der Waals surface area contributed by atoms with Gasteiger partial charge >= 0.3 is 0 Å². The Labute approximate surface area is 190 Å². The zero-order valence-corrected chi connectivity index (χ0v) is 18.3. The van der Waals surface area contributed by atoms with Gasteiger partial charge in [0.05, 0.1) is 17.1 Å². The number of halogens is 1. The summed E-state index contributed by atoms with van der Waals surface area (Å²) in [5.41, 5.74) is 4.08. The van der Waals surface area contributed by atoms with Crippen LogP contribution in [-0.2, 0) is 0 Å². The highest BCUT2D eigenvalue weighted by Gasteiger charge is 2.13. The maximum absolute atomic E-state index is 12.7. The van der Waals surface area contributed by atoms with Crippen molar-refractivity contribution >= 4 is 28.7 Å². The fourth-order valence-corrected chi connectivity index (χ4v) is 3.48. The van der Waals surface area contributed by atoms with E-state index in [9.17, 15) is 4.79 Å². The van der Waals surface area contributed by atoms with Crippen LogP contribution in [0.4, 0.5) is 5.69 Å². The van der Waals surface area contributed by atoms with Gasteiger partial charge in [-0.3, -0.25) is 4.79 Å². The SMILES string of the molecule is CC(=N)/C=C(\Nc1cccc(Cl)c1)c1nn(-c2ccc(-n3cccn3)cc2C)ccc1=O. The van der Waals surface area contributed by atoms with Gasteiger partial charge in [0, 0.05) is 41.1 Å². The minimum absolute atomic E-state index is 0.203. The summed E-state index contributed by atoms with van der Waals surface area (Å²) in [5.74, 6) is 0. The summed E-state index contributed by atoms with van der Waals surface area (Å²) in [4.78, 5) is 12.7. The molecule has 0 fully saturated rings. The highest BCUT2D eigenvalue weighted by molar-refractivity contribution is 6.30. The number of allylic oxidation sites excluding steroid dienone is 1. The molecule has 0 spiro atoms. The Bertz CT molecular complexity index is 1370. The van der Waals surface area contributed by atoms with Crippen molar-refractivity contribution in [2.24, 2.45) is 0 Å². The summed E-state index contributed by atoms with van der Waals surface area (Å²) >= 11 is 6.09. The molecule has 0 saturated heterocycles. The molecule has 0 atom stereocenters. The zero-order valence-electron chi connectivity index (χ0n) is 17.6. The van der Waals surface area contributed by atoms with E-state index in [1.165, 1.54) is 6.07 Å². The third-order valence-corrected chi connectivity index (χ3v) is 4.96. The van der Waals surface area contributed by atoms with Gasteiger partial charge in [0.15, 0.2) is 5.69 Å². The van der Waals surface area contributed by atoms with Crippen LogP contribution in [0.25, 0.3) is 17.1 Å². The summed E-state index contributed by atoms with van der Waals surface area (Å²) in [5, 5.41) is 20.5. The first-order chi connectivity index (χ1) is 15.4. The van der Waals surface area contributed by atoms with E-state index >= 15 is 0 Å². The van der Waals surface area contributed by atoms with Crippen LogP contribution in [0.5, 0.6) is 0 Å². The molecule has 2 N–H and O–H groups in total. The quantitative estimate of drug-likeness (QED) is 0.415. The van der Waals surface area contributed by atoms with E-state index in [2.05, 4.69) is 15.5 Å². The van der Waals surface area contributed by atoms with Crippen molar-refractivity contribution in [1.82, 2.24) is 19.6 Å². The Morgan fingerprint density at radius 1 is 1.09 bits per heavy atom. The maximum atomic E-state index is 12.7. The smallest absolute Gasteiger partial charge is 0.209 e. The van der Waals surface area contributed by atoms with Crippen molar-refractivity contribution in [3.8, 4) is 11.4 Å². The molecular weight excluding hydrogens is 424 g/mol. The van der Waals surface area contributed by atoms with Crippen molar-refractivity contribution in [3.63, 3.8) is 0 Å². The van der Waals surface area contributed by atoms with E-state index in [1.54, 1.807) is 53.0 Å². The molecule has 32 heavy (non-hydrogen) atoms. The van der Waals surface area contributed by atoms with Gasteiger partial charge in [-0.15, -0.1) is 0 Å². The third kappa shape index (κ3) is 4.68. The second-order valence-electron chi connectivity index (χ2n) is 7.27. The molecule has 8 heteroatoms. The largest absolute Gasteiger partial charge is 0.353 e. The minimum atomic E-state index is -0.255. The van der Waals surface area contributed by atoms with Gasteiger partial charge in [-0.25, -0.2) is 9.36 Å². The predicted molar refractivity (Wildman–Crippen MR) is 128 cm³/mol. The van der Waals surface area contributed by atoms with E-state index in [0.717, 1.165) is 16.9 Å². The molecule has 4 aromatic rings. The molecule has 160 valence electrons. The number of aromatic nitrogens is 4. The van der Waals surface area contributed by atoms with Crippen LogP contribution in [0.1, 0.15) is 18.2 Å². The molecule has 0 aliphatic carbocycles. The average Bonchev–Trinajstić information content (AvgIpc) is 3.28. The Morgan fingerprint density at radius 3 is 2.62 bits per heavy atom. The molecule has 0 amide bonds. The van der Waals surface area contributed by atoms with Crippen LogP contribution < -0.4 is 10.7 Å². The van der Waals surface area contributed by atoms with Crippen molar-refractivity contribution in [1.29, 1.82) is 5.41 Å². The second-order valence-corrected chi connectivity index (χ2v) is 7.71. The van der Waals surface area contributed by atoms with Gasteiger partial charge in [-0.1, -0.05) is 17.7 Å². The van der Waals surface area contributed by atoms with Crippen LogP contribution in [0.3, 0.4) is 0 Å². The topological polar surface area (TPSA) is 88.6 Å². The Hall–Kier alpha value is -3.97. The van der Waals surface area contributed by atoms with E-state index in [4.69, 9.17) is 17.0 Å². The summed E-state index contributed by atoms with van der Waals surface area (Å²) in [7, 11) is 0.